The van der Waals surface area contributed by atoms with Gasteiger partial charge >= 0.3 is 0 Å². The van der Waals surface area contributed by atoms with E-state index >= 15 is 0 Å². The fraction of sp³-hybridized carbons (Fsp3) is 0.357. The zero-order valence-corrected chi connectivity index (χ0v) is 20.4. The molecule has 7 rings (SSSR count). The minimum atomic E-state index is -0.695. The molecular formula is C28H28FN5O2. The van der Waals surface area contributed by atoms with E-state index in [0.29, 0.717) is 6.54 Å². The molecule has 1 saturated heterocycles. The topological polar surface area (TPSA) is 63.9 Å². The molecule has 36 heavy (non-hydrogen) atoms. The molecule has 4 heterocycles. The third-order valence-electron chi connectivity index (χ3n) is 7.99. The van der Waals surface area contributed by atoms with Crippen molar-refractivity contribution in [3.8, 4) is 11.4 Å². The van der Waals surface area contributed by atoms with Crippen molar-refractivity contribution in [1.82, 2.24) is 14.5 Å². The molecule has 0 amide bonds. The summed E-state index contributed by atoms with van der Waals surface area (Å²) in [5.41, 5.74) is 5.41. The van der Waals surface area contributed by atoms with Gasteiger partial charge in [-0.25, -0.2) is 9.37 Å². The van der Waals surface area contributed by atoms with E-state index in [0.717, 1.165) is 59.2 Å². The van der Waals surface area contributed by atoms with Crippen molar-refractivity contribution in [3.05, 3.63) is 77.1 Å². The number of nitrogens with zero attached hydrogens (tertiary/aromatic N) is 4. The van der Waals surface area contributed by atoms with Crippen molar-refractivity contribution in [1.29, 1.82) is 0 Å². The van der Waals surface area contributed by atoms with Crippen molar-refractivity contribution in [2.24, 2.45) is 10.6 Å². The number of hydrogen-bond acceptors (Lipinski definition) is 6. The minimum Gasteiger partial charge on any atom is -0.495 e. The summed E-state index contributed by atoms with van der Waals surface area (Å²) in [6, 6.07) is 11.1. The lowest BCUT2D eigenvalue weighted by molar-refractivity contribution is -0.117. The Morgan fingerprint density at radius 1 is 1.17 bits per heavy atom. The highest BCUT2D eigenvalue weighted by molar-refractivity contribution is 6.04. The maximum absolute atomic E-state index is 14.0. The Bertz CT molecular complexity index is 1440. The van der Waals surface area contributed by atoms with Crippen molar-refractivity contribution in [3.63, 3.8) is 0 Å². The highest BCUT2D eigenvalue weighted by Gasteiger charge is 2.59. The van der Waals surface area contributed by atoms with Crippen LogP contribution in [0.15, 0.2) is 59.7 Å². The van der Waals surface area contributed by atoms with E-state index in [1.807, 2.05) is 23.8 Å². The fourth-order valence-corrected chi connectivity index (χ4v) is 5.96. The summed E-state index contributed by atoms with van der Waals surface area (Å²) in [4.78, 5) is 13.0. The van der Waals surface area contributed by atoms with Crippen LogP contribution in [0.3, 0.4) is 0 Å². The van der Waals surface area contributed by atoms with Gasteiger partial charge in [-0.1, -0.05) is 11.2 Å². The van der Waals surface area contributed by atoms with Crippen molar-refractivity contribution < 1.29 is 14.0 Å². The number of aromatic nitrogens is 2. The second-order valence-electron chi connectivity index (χ2n) is 10.4. The van der Waals surface area contributed by atoms with E-state index in [4.69, 9.17) is 9.57 Å². The summed E-state index contributed by atoms with van der Waals surface area (Å²) < 4.78 is 21.7. The first-order valence-corrected chi connectivity index (χ1v) is 12.5. The second-order valence-corrected chi connectivity index (χ2v) is 10.4. The van der Waals surface area contributed by atoms with Gasteiger partial charge in [0.1, 0.15) is 11.6 Å². The third kappa shape index (κ3) is 3.23. The van der Waals surface area contributed by atoms with Crippen molar-refractivity contribution in [2.45, 2.75) is 38.3 Å². The van der Waals surface area contributed by atoms with Gasteiger partial charge in [0.15, 0.2) is 5.84 Å². The number of hydrogen-bond donors (Lipinski definition) is 1. The molecule has 2 spiro atoms. The summed E-state index contributed by atoms with van der Waals surface area (Å²) >= 11 is 0. The number of rotatable bonds is 3. The molecule has 4 aliphatic rings. The molecule has 1 aromatic heterocycles. The fourth-order valence-electron chi connectivity index (χ4n) is 5.96. The normalized spacial score (nSPS) is 24.2. The number of ether oxygens (including phenoxy) is 1. The number of benzene rings is 2. The Labute approximate surface area is 209 Å². The molecular weight excluding hydrogens is 457 g/mol. The molecule has 1 aliphatic carbocycles. The van der Waals surface area contributed by atoms with Gasteiger partial charge < -0.3 is 24.4 Å². The number of halogens is 1. The standard InChI is InChI=1S/C28H28FN5O2/c1-18-15-33(17-31-18)24-6-3-19(12-25(24)35-2)11-20-14-27(7-8-27)16-34-26(20)32-36-28(34)9-10-30-23-13-21(29)4-5-22(23)28/h3-6,11-13,15,17,30H,7-10,14,16H2,1-2H3/b20-11+. The molecule has 8 heteroatoms. The largest absolute Gasteiger partial charge is 0.495 e. The molecule has 1 atom stereocenters. The molecule has 3 aromatic rings. The summed E-state index contributed by atoms with van der Waals surface area (Å²) in [5, 5.41) is 7.98. The monoisotopic (exact) mass is 485 g/mol. The van der Waals surface area contributed by atoms with Gasteiger partial charge in [0.25, 0.3) is 0 Å². The summed E-state index contributed by atoms with van der Waals surface area (Å²) in [7, 11) is 1.69. The highest BCUT2D eigenvalue weighted by atomic mass is 19.1. The lowest BCUT2D eigenvalue weighted by atomic mass is 9.84. The van der Waals surface area contributed by atoms with Gasteiger partial charge in [-0.15, -0.1) is 0 Å². The van der Waals surface area contributed by atoms with E-state index in [2.05, 4.69) is 44.6 Å². The first kappa shape index (κ1) is 21.5. The Balaban J connectivity index is 1.27. The van der Waals surface area contributed by atoms with Crippen LogP contribution in [0.2, 0.25) is 0 Å². The Kier molecular flexibility index (Phi) is 4.53. The molecule has 0 radical (unpaired) electrons. The number of anilines is 1. The predicted molar refractivity (Wildman–Crippen MR) is 136 cm³/mol. The summed E-state index contributed by atoms with van der Waals surface area (Å²) in [5.74, 6) is 1.42. The number of oxime groups is 1. The molecule has 184 valence electrons. The van der Waals surface area contributed by atoms with Crippen LogP contribution >= 0.6 is 0 Å². The molecule has 2 aromatic carbocycles. The molecule has 0 bridgehead atoms. The van der Waals surface area contributed by atoms with Crippen LogP contribution in [-0.2, 0) is 10.6 Å². The summed E-state index contributed by atoms with van der Waals surface area (Å²) in [6.07, 6.45) is 10.1. The SMILES string of the molecule is COc1cc(/C=C2\CC3(CC3)CN3C2=NOC32CCNc3cc(F)ccc32)ccc1-n1cnc(C)c1. The van der Waals surface area contributed by atoms with Crippen LogP contribution in [0, 0.1) is 18.2 Å². The van der Waals surface area contributed by atoms with E-state index in [1.54, 1.807) is 19.5 Å². The van der Waals surface area contributed by atoms with Crippen LogP contribution in [0.4, 0.5) is 10.1 Å². The number of amidine groups is 1. The quantitative estimate of drug-likeness (QED) is 0.552. The Hall–Kier alpha value is -3.81. The van der Waals surface area contributed by atoms with Crippen LogP contribution < -0.4 is 10.1 Å². The molecule has 1 unspecified atom stereocenters. The molecule has 2 fully saturated rings. The lowest BCUT2D eigenvalue weighted by Gasteiger charge is -2.45. The van der Waals surface area contributed by atoms with Crippen LogP contribution in [-0.4, -0.2) is 40.5 Å². The van der Waals surface area contributed by atoms with E-state index in [9.17, 15) is 4.39 Å². The maximum atomic E-state index is 14.0. The van der Waals surface area contributed by atoms with Gasteiger partial charge in [0.2, 0.25) is 5.72 Å². The third-order valence-corrected chi connectivity index (χ3v) is 7.99. The van der Waals surface area contributed by atoms with E-state index < -0.39 is 5.72 Å². The lowest BCUT2D eigenvalue weighted by Crippen LogP contribution is -2.54. The van der Waals surface area contributed by atoms with Crippen LogP contribution in [0.5, 0.6) is 5.75 Å². The van der Waals surface area contributed by atoms with Gasteiger partial charge in [0.05, 0.1) is 24.8 Å². The Morgan fingerprint density at radius 3 is 2.83 bits per heavy atom. The highest BCUT2D eigenvalue weighted by Crippen LogP contribution is 2.58. The predicted octanol–water partition coefficient (Wildman–Crippen LogP) is 5.21. The number of imidazole rings is 1. The number of methoxy groups -OCH3 is 1. The summed E-state index contributed by atoms with van der Waals surface area (Å²) in [6.45, 7) is 3.58. The first-order chi connectivity index (χ1) is 17.5. The smallest absolute Gasteiger partial charge is 0.241 e. The average molecular weight is 486 g/mol. The van der Waals surface area contributed by atoms with Gasteiger partial charge in [-0.2, -0.15) is 0 Å². The van der Waals surface area contributed by atoms with Crippen molar-refractivity contribution >= 4 is 17.6 Å². The number of fused-ring (bicyclic) bond motifs is 4. The molecule has 1 saturated carbocycles. The maximum Gasteiger partial charge on any atom is 0.241 e. The first-order valence-electron chi connectivity index (χ1n) is 12.5. The number of aryl methyl sites for hydroxylation is 1. The zero-order valence-electron chi connectivity index (χ0n) is 20.4. The van der Waals surface area contributed by atoms with E-state index in [-0.39, 0.29) is 11.2 Å². The van der Waals surface area contributed by atoms with Crippen LogP contribution in [0.1, 0.15) is 42.5 Å². The second kappa shape index (κ2) is 7.59. The Morgan fingerprint density at radius 2 is 2.06 bits per heavy atom. The minimum absolute atomic E-state index is 0.245. The number of nitrogens with one attached hydrogen (secondary N) is 1. The average Bonchev–Trinajstić information content (AvgIpc) is 3.31. The van der Waals surface area contributed by atoms with E-state index in [1.165, 1.54) is 24.5 Å². The van der Waals surface area contributed by atoms with Gasteiger partial charge in [0, 0.05) is 37.0 Å². The van der Waals surface area contributed by atoms with Crippen molar-refractivity contribution in [2.75, 3.05) is 25.5 Å². The number of piperidine rings is 1. The van der Waals surface area contributed by atoms with Crippen LogP contribution in [0.25, 0.3) is 11.8 Å². The van der Waals surface area contributed by atoms with Gasteiger partial charge in [-0.3, -0.25) is 0 Å². The molecule has 3 aliphatic heterocycles. The molecule has 7 nitrogen and oxygen atoms in total. The molecule has 1 N–H and O–H groups in total. The van der Waals surface area contributed by atoms with Gasteiger partial charge in [-0.05, 0) is 79.1 Å². The zero-order chi connectivity index (χ0) is 24.5.